The summed E-state index contributed by atoms with van der Waals surface area (Å²) < 4.78 is 20.5. The molecule has 4 aromatic carbocycles. The first kappa shape index (κ1) is 54.4. The summed E-state index contributed by atoms with van der Waals surface area (Å²) in [5, 5.41) is 51.6. The Balaban J connectivity index is 1.08. The molecule has 4 bridgehead atoms. The van der Waals surface area contributed by atoms with E-state index in [4.69, 9.17) is 14.2 Å². The second-order valence-electron chi connectivity index (χ2n) is 23.6. The number of aromatic amines is 1. The highest BCUT2D eigenvalue weighted by Crippen LogP contribution is 2.58. The van der Waals surface area contributed by atoms with Crippen molar-refractivity contribution >= 4 is 34.0 Å². The van der Waals surface area contributed by atoms with Crippen LogP contribution in [0.5, 0.6) is 34.5 Å². The molecule has 1 saturated carbocycles. The number of allylic oxidation sites excluding steroid dienone is 8. The third kappa shape index (κ3) is 10.2. The molecule has 2 aromatic heterocycles. The number of benzene rings is 4. The van der Waals surface area contributed by atoms with Crippen LogP contribution < -0.4 is 19.7 Å². The van der Waals surface area contributed by atoms with Gasteiger partial charge < -0.3 is 54.4 Å². The Morgan fingerprint density at radius 2 is 1.68 bits per heavy atom. The largest absolute Gasteiger partial charge is 0.508 e. The van der Waals surface area contributed by atoms with E-state index in [0.29, 0.717) is 44.3 Å². The van der Waals surface area contributed by atoms with E-state index in [1.54, 1.807) is 37.3 Å². The van der Waals surface area contributed by atoms with Gasteiger partial charge in [-0.1, -0.05) is 79.6 Å². The van der Waals surface area contributed by atoms with Gasteiger partial charge in [-0.05, 0) is 140 Å². The number of aliphatic hydroxyl groups is 1. The van der Waals surface area contributed by atoms with Crippen molar-refractivity contribution in [3.8, 4) is 34.5 Å². The quantitative estimate of drug-likeness (QED) is 0.0593. The van der Waals surface area contributed by atoms with Gasteiger partial charge in [0.2, 0.25) is 5.75 Å². The molecule has 14 heteroatoms. The van der Waals surface area contributed by atoms with Gasteiger partial charge in [0.05, 0.1) is 24.9 Å². The number of nitrogens with one attached hydrogen (secondary N) is 2. The number of H-pyrrole nitrogens is 1. The molecule has 14 nitrogen and oxygen atoms in total. The topological polar surface area (TPSA) is 196 Å². The standard InChI is InChI=1S/C68H72N4O10/c1-41(73)22-28-71-58-19-18-53-64-56(58)40-72(60(64)37-67(66(53)79)23-6-7-24-67)59(45-31-61(78)65(62(32-45)80-3)82-51-16-10-15-49(76)34-51)36-50(77)35-52(81-42(2)74)20-26-68-25-5-4-12-47(68)13-9-17-57(68)55-39-69-38-46(55)30-54(43-11-8-14-48(75)29-43)44-21-27-70-63(71)33-44/h4-5,8-12,14-19,21,25,29,31-34,38-40,47,52,54,57,59,66,69-70,75-76,78-79H,6-7,13,20,22-24,26-28,30,35-37H2,1-3H3. The zero-order chi connectivity index (χ0) is 56.9. The number of ether oxygens (including phenoxy) is 3. The maximum absolute atomic E-state index is 15.4. The molecule has 82 heavy (non-hydrogen) atoms. The highest BCUT2D eigenvalue weighted by Gasteiger charge is 2.48. The molecule has 4 aliphatic carbocycles. The second kappa shape index (κ2) is 22.3. The molecule has 2 aliphatic heterocycles. The summed E-state index contributed by atoms with van der Waals surface area (Å²) in [5.74, 6) is 0.394. The number of aromatic nitrogens is 2. The predicted octanol–water partition coefficient (Wildman–Crippen LogP) is 12.7. The van der Waals surface area contributed by atoms with Crippen LogP contribution in [0.2, 0.25) is 0 Å². The minimum absolute atomic E-state index is 0.0176. The van der Waals surface area contributed by atoms with Crippen LogP contribution in [0.1, 0.15) is 136 Å². The number of anilines is 1. The summed E-state index contributed by atoms with van der Waals surface area (Å²) in [6.07, 6.45) is 29.2. The zero-order valence-electron chi connectivity index (χ0n) is 46.8. The van der Waals surface area contributed by atoms with E-state index >= 15 is 4.79 Å². The van der Waals surface area contributed by atoms with E-state index in [-0.39, 0.29) is 83.1 Å². The number of dihydropyridines is 1. The maximum Gasteiger partial charge on any atom is 0.302 e. The normalized spacial score (nSPS) is 24.8. The molecule has 7 atom stereocenters. The Bertz CT molecular complexity index is 3630. The van der Waals surface area contributed by atoms with Gasteiger partial charge in [0.25, 0.3) is 0 Å². The van der Waals surface area contributed by atoms with E-state index in [1.165, 1.54) is 26.2 Å². The lowest BCUT2D eigenvalue weighted by molar-refractivity contribution is -0.148. The molecule has 1 fully saturated rings. The van der Waals surface area contributed by atoms with E-state index in [2.05, 4.69) is 99.1 Å². The Morgan fingerprint density at radius 1 is 0.866 bits per heavy atom. The number of rotatable bonds is 9. The first-order valence-electron chi connectivity index (χ1n) is 29.0. The van der Waals surface area contributed by atoms with Crippen molar-refractivity contribution < 1.29 is 49.0 Å². The number of aliphatic hydroxyl groups excluding tert-OH is 1. The van der Waals surface area contributed by atoms with E-state index in [9.17, 15) is 30.0 Å². The third-order valence-electron chi connectivity index (χ3n) is 18.6. The minimum Gasteiger partial charge on any atom is -0.508 e. The molecule has 4 heterocycles. The minimum atomic E-state index is -0.768. The summed E-state index contributed by atoms with van der Waals surface area (Å²) in [4.78, 5) is 47.5. The monoisotopic (exact) mass is 1100 g/mol. The van der Waals surface area contributed by atoms with Crippen LogP contribution in [-0.4, -0.2) is 73.8 Å². The summed E-state index contributed by atoms with van der Waals surface area (Å²) in [6, 6.07) is 20.5. The van der Waals surface area contributed by atoms with Crippen LogP contribution in [0.3, 0.4) is 0 Å². The predicted molar refractivity (Wildman–Crippen MR) is 314 cm³/mol. The summed E-state index contributed by atoms with van der Waals surface area (Å²) in [6.45, 7) is 3.80. The van der Waals surface area contributed by atoms with E-state index < -0.39 is 35.0 Å². The average molecular weight is 1110 g/mol. The number of methoxy groups -OCH3 is 1. The molecule has 7 unspecified atom stereocenters. The Hall–Kier alpha value is -8.23. The number of phenols is 3. The van der Waals surface area contributed by atoms with Crippen LogP contribution in [0.25, 0.3) is 10.8 Å². The average Bonchev–Trinajstić information content (AvgIpc) is 2.11. The van der Waals surface area contributed by atoms with Gasteiger partial charge in [0, 0.05) is 103 Å². The lowest BCUT2D eigenvalue weighted by Gasteiger charge is -2.47. The molecular weight excluding hydrogens is 1030 g/mol. The van der Waals surface area contributed by atoms with Crippen LogP contribution in [0, 0.1) is 16.7 Å². The highest BCUT2D eigenvalue weighted by molar-refractivity contribution is 6.00. The van der Waals surface area contributed by atoms with Crippen molar-refractivity contribution in [1.29, 1.82) is 0 Å². The fourth-order valence-corrected chi connectivity index (χ4v) is 14.7. The number of phenolic OH excluding ortho intramolecular Hbond substituents is 3. The molecule has 12 rings (SSSR count). The molecule has 2 spiro atoms. The van der Waals surface area contributed by atoms with Gasteiger partial charge in [-0.3, -0.25) is 14.4 Å². The number of fused-ring (bicyclic) bond motifs is 5. The number of Topliss-reactive ketones (excluding diaryl/α,β-unsaturated/α-hetero) is 2. The van der Waals surface area contributed by atoms with Crippen molar-refractivity contribution in [2.75, 3.05) is 25.1 Å². The van der Waals surface area contributed by atoms with E-state index in [0.717, 1.165) is 87.9 Å². The van der Waals surface area contributed by atoms with Gasteiger partial charge >= 0.3 is 5.97 Å². The number of ketones is 2. The number of carbonyl (C=O) groups excluding carboxylic acids is 3. The Labute approximate surface area is 478 Å². The first-order valence-corrected chi connectivity index (χ1v) is 29.0. The van der Waals surface area contributed by atoms with Gasteiger partial charge in [0.15, 0.2) is 11.5 Å². The van der Waals surface area contributed by atoms with Crippen molar-refractivity contribution in [2.45, 2.75) is 121 Å². The summed E-state index contributed by atoms with van der Waals surface area (Å²) >= 11 is 0. The van der Waals surface area contributed by atoms with Crippen LogP contribution in [0.4, 0.5) is 5.69 Å². The van der Waals surface area contributed by atoms with Gasteiger partial charge in [0.1, 0.15) is 40.7 Å². The number of hydrogen-bond donors (Lipinski definition) is 6. The molecule has 424 valence electrons. The number of hydrogen-bond acceptors (Lipinski definition) is 12. The Kier molecular flexibility index (Phi) is 14.8. The van der Waals surface area contributed by atoms with E-state index in [1.807, 2.05) is 18.2 Å². The van der Waals surface area contributed by atoms with Crippen LogP contribution >= 0.6 is 0 Å². The zero-order valence-corrected chi connectivity index (χ0v) is 46.8. The SMILES string of the molecule is COc1cc(C2CC(=O)CC(OC(C)=O)CCC34C=CC=CC3CC=CC4c3c[nH]cc3CC(c3cccc(O)c3)C3=CCNC(=C3)N(CCC(C)=O)c3ccc4c5c(n2cc35)CC2(CCCC2)C4O)cc(O)c1Oc1cccc(O)c1. The van der Waals surface area contributed by atoms with Gasteiger partial charge in [-0.15, -0.1) is 0 Å². The third-order valence-corrected chi connectivity index (χ3v) is 18.6. The number of esters is 1. The molecular formula is C68H72N4O10. The molecule has 6 N–H and O–H groups in total. The van der Waals surface area contributed by atoms with Crippen molar-refractivity contribution in [3.63, 3.8) is 0 Å². The summed E-state index contributed by atoms with van der Waals surface area (Å²) in [7, 11) is 1.48. The molecule has 0 amide bonds. The lowest BCUT2D eigenvalue weighted by Crippen LogP contribution is -2.38. The number of carbonyl (C=O) groups is 3. The highest BCUT2D eigenvalue weighted by atomic mass is 16.5. The maximum atomic E-state index is 15.4. The lowest BCUT2D eigenvalue weighted by atomic mass is 9.57. The van der Waals surface area contributed by atoms with Crippen LogP contribution in [0.15, 0.2) is 151 Å². The molecule has 0 saturated heterocycles. The number of nitrogens with zero attached hydrogens (tertiary/aromatic N) is 2. The van der Waals surface area contributed by atoms with Gasteiger partial charge in [-0.25, -0.2) is 0 Å². The van der Waals surface area contributed by atoms with Crippen molar-refractivity contribution in [1.82, 2.24) is 14.9 Å². The number of aromatic hydroxyl groups is 3. The Morgan fingerprint density at radius 3 is 2.46 bits per heavy atom. The van der Waals surface area contributed by atoms with Crippen molar-refractivity contribution in [2.24, 2.45) is 16.7 Å². The van der Waals surface area contributed by atoms with Crippen LogP contribution in [-0.2, 0) is 32.0 Å². The molecule has 6 aliphatic rings. The fourth-order valence-electron chi connectivity index (χ4n) is 14.7. The first-order chi connectivity index (χ1) is 39.7. The molecule has 6 aromatic rings. The molecule has 0 radical (unpaired) electrons. The second-order valence-corrected chi connectivity index (χ2v) is 23.6. The van der Waals surface area contributed by atoms with Gasteiger partial charge in [-0.2, -0.15) is 0 Å². The fraction of sp³-hybridized carbons (Fsp3) is 0.368. The van der Waals surface area contributed by atoms with Crippen molar-refractivity contribution in [3.05, 3.63) is 185 Å². The summed E-state index contributed by atoms with van der Waals surface area (Å²) in [5.41, 5.74) is 6.44. The smallest absolute Gasteiger partial charge is 0.302 e.